The van der Waals surface area contributed by atoms with E-state index in [0.717, 1.165) is 19.3 Å². The molecule has 29 heavy (non-hydrogen) atoms. The molecule has 0 aromatic heterocycles. The number of halogens is 2. The molecule has 1 N–H and O–H groups in total. The summed E-state index contributed by atoms with van der Waals surface area (Å²) < 4.78 is 24.4. The van der Waals surface area contributed by atoms with Crippen molar-refractivity contribution < 1.29 is 23.5 Å². The first-order chi connectivity index (χ1) is 14.0. The van der Waals surface area contributed by atoms with Crippen LogP contribution < -0.4 is 10.1 Å². The highest BCUT2D eigenvalue weighted by molar-refractivity contribution is 6.32. The Labute approximate surface area is 174 Å². The van der Waals surface area contributed by atoms with Gasteiger partial charge in [-0.2, -0.15) is 0 Å². The molecule has 1 aromatic rings. The summed E-state index contributed by atoms with van der Waals surface area (Å²) in [6.07, 6.45) is 2.41. The number of carbonyl (C=O) groups is 2. The molecule has 3 saturated heterocycles. The van der Waals surface area contributed by atoms with Crippen molar-refractivity contribution in [3.63, 3.8) is 0 Å². The topological polar surface area (TPSA) is 71.1 Å². The maximum atomic E-state index is 13.1. The van der Waals surface area contributed by atoms with Crippen molar-refractivity contribution in [2.75, 3.05) is 39.4 Å². The van der Waals surface area contributed by atoms with Gasteiger partial charge in [0.1, 0.15) is 18.2 Å². The highest BCUT2D eigenvalue weighted by atomic mass is 35.5. The van der Waals surface area contributed by atoms with Gasteiger partial charge >= 0.3 is 6.03 Å². The third kappa shape index (κ3) is 4.75. The van der Waals surface area contributed by atoms with Crippen molar-refractivity contribution in [3.8, 4) is 5.75 Å². The maximum Gasteiger partial charge on any atom is 0.320 e. The van der Waals surface area contributed by atoms with Crippen molar-refractivity contribution in [3.05, 3.63) is 29.0 Å². The molecule has 9 heteroatoms. The van der Waals surface area contributed by atoms with Crippen LogP contribution in [0.4, 0.5) is 9.18 Å². The Hall–Kier alpha value is -2.06. The number of nitrogens with zero attached hydrogens (tertiary/aromatic N) is 2. The van der Waals surface area contributed by atoms with E-state index >= 15 is 0 Å². The lowest BCUT2D eigenvalue weighted by Gasteiger charge is -2.43. The van der Waals surface area contributed by atoms with Crippen molar-refractivity contribution in [1.82, 2.24) is 15.1 Å². The van der Waals surface area contributed by atoms with E-state index in [1.807, 2.05) is 9.80 Å². The number of hydrogen-bond donors (Lipinski definition) is 1. The lowest BCUT2D eigenvalue weighted by Crippen LogP contribution is -2.62. The molecular weight excluding hydrogens is 401 g/mol. The number of carbonyl (C=O) groups excluding carboxylic acids is 2. The van der Waals surface area contributed by atoms with Crippen LogP contribution in [0, 0.1) is 11.7 Å². The molecule has 1 aromatic carbocycles. The van der Waals surface area contributed by atoms with Crippen LogP contribution in [-0.4, -0.2) is 73.3 Å². The van der Waals surface area contributed by atoms with Crippen LogP contribution in [0.3, 0.4) is 0 Å². The average Bonchev–Trinajstić information content (AvgIpc) is 2.72. The molecule has 0 aliphatic carbocycles. The Morgan fingerprint density at radius 2 is 2.00 bits per heavy atom. The van der Waals surface area contributed by atoms with Gasteiger partial charge in [0.05, 0.1) is 23.8 Å². The average molecular weight is 426 g/mol. The summed E-state index contributed by atoms with van der Waals surface area (Å²) in [5.74, 6) is 0.281. The van der Waals surface area contributed by atoms with Crippen LogP contribution in [0.1, 0.15) is 19.3 Å². The Bertz CT molecular complexity index is 772. The summed E-state index contributed by atoms with van der Waals surface area (Å²) in [5.41, 5.74) is 0. The normalized spacial score (nSPS) is 25.4. The standard InChI is InChI=1S/C20H25ClFN3O4/c21-15-9-14(22)1-2-17(15)28-11-13-3-6-24(7-4-13)20(27)25-8-5-18-16(10-25)23-19(26)12-29-18/h1-2,9,13,16,18H,3-8,10-12H2,(H,23,26)/t16-,18+/m1/s1. The van der Waals surface area contributed by atoms with E-state index in [1.165, 1.54) is 18.2 Å². The molecule has 0 radical (unpaired) electrons. The summed E-state index contributed by atoms with van der Waals surface area (Å²) in [5, 5.41) is 3.19. The molecule has 3 heterocycles. The molecule has 0 spiro atoms. The lowest BCUT2D eigenvalue weighted by molar-refractivity contribution is -0.139. The quantitative estimate of drug-likeness (QED) is 0.806. The largest absolute Gasteiger partial charge is 0.492 e. The molecule has 3 fully saturated rings. The Kier molecular flexibility index (Phi) is 6.10. The number of morpholine rings is 1. The minimum Gasteiger partial charge on any atom is -0.492 e. The SMILES string of the molecule is O=C1CO[C@H]2CCN(C(=O)N3CCC(COc4ccc(F)cc4Cl)CC3)C[C@H]2N1. The molecule has 3 aliphatic rings. The molecule has 0 saturated carbocycles. The van der Waals surface area contributed by atoms with E-state index in [-0.39, 0.29) is 35.7 Å². The monoisotopic (exact) mass is 425 g/mol. The summed E-state index contributed by atoms with van der Waals surface area (Å²) >= 11 is 6.00. The zero-order valence-electron chi connectivity index (χ0n) is 16.1. The summed E-state index contributed by atoms with van der Waals surface area (Å²) in [7, 11) is 0. The van der Waals surface area contributed by atoms with Gasteiger partial charge < -0.3 is 24.6 Å². The molecule has 0 unspecified atom stereocenters. The number of fused-ring (bicyclic) bond motifs is 1. The predicted molar refractivity (Wildman–Crippen MR) is 104 cm³/mol. The number of likely N-dealkylation sites (tertiary alicyclic amines) is 2. The molecule has 0 bridgehead atoms. The molecule has 2 atom stereocenters. The number of hydrogen-bond acceptors (Lipinski definition) is 4. The number of amides is 3. The number of ether oxygens (including phenoxy) is 2. The van der Waals surface area contributed by atoms with Crippen LogP contribution in [0.5, 0.6) is 5.75 Å². The van der Waals surface area contributed by atoms with Crippen LogP contribution >= 0.6 is 11.6 Å². The zero-order chi connectivity index (χ0) is 20.4. The second kappa shape index (κ2) is 8.75. The first-order valence-corrected chi connectivity index (χ1v) is 10.4. The van der Waals surface area contributed by atoms with Crippen LogP contribution in [0.25, 0.3) is 0 Å². The van der Waals surface area contributed by atoms with E-state index in [1.54, 1.807) is 0 Å². The van der Waals surface area contributed by atoms with Crippen molar-refractivity contribution in [2.45, 2.75) is 31.4 Å². The van der Waals surface area contributed by atoms with E-state index in [4.69, 9.17) is 21.1 Å². The highest BCUT2D eigenvalue weighted by Crippen LogP contribution is 2.27. The smallest absolute Gasteiger partial charge is 0.320 e. The molecule has 7 nitrogen and oxygen atoms in total. The van der Waals surface area contributed by atoms with E-state index < -0.39 is 5.82 Å². The zero-order valence-corrected chi connectivity index (χ0v) is 16.9. The fourth-order valence-corrected chi connectivity index (χ4v) is 4.39. The minimum atomic E-state index is -0.391. The fraction of sp³-hybridized carbons (Fsp3) is 0.600. The Morgan fingerprint density at radius 1 is 1.24 bits per heavy atom. The number of rotatable bonds is 3. The Balaban J connectivity index is 1.24. The van der Waals surface area contributed by atoms with Crippen LogP contribution in [0.15, 0.2) is 18.2 Å². The van der Waals surface area contributed by atoms with Gasteiger partial charge in [-0.25, -0.2) is 9.18 Å². The maximum absolute atomic E-state index is 13.1. The van der Waals surface area contributed by atoms with E-state index in [0.29, 0.717) is 44.5 Å². The highest BCUT2D eigenvalue weighted by Gasteiger charge is 2.38. The Morgan fingerprint density at radius 3 is 2.76 bits per heavy atom. The van der Waals surface area contributed by atoms with Crippen molar-refractivity contribution in [1.29, 1.82) is 0 Å². The van der Waals surface area contributed by atoms with Crippen LogP contribution in [-0.2, 0) is 9.53 Å². The molecular formula is C20H25ClFN3O4. The van der Waals surface area contributed by atoms with Crippen molar-refractivity contribution in [2.24, 2.45) is 5.92 Å². The summed E-state index contributed by atoms with van der Waals surface area (Å²) in [4.78, 5) is 28.1. The number of benzene rings is 1. The molecule has 3 aliphatic heterocycles. The third-order valence-corrected chi connectivity index (χ3v) is 6.14. The molecule has 158 valence electrons. The van der Waals surface area contributed by atoms with Gasteiger partial charge in [-0.15, -0.1) is 0 Å². The molecule has 3 amide bonds. The number of urea groups is 1. The van der Waals surface area contributed by atoms with Gasteiger partial charge in [0.15, 0.2) is 0 Å². The van der Waals surface area contributed by atoms with E-state index in [2.05, 4.69) is 5.32 Å². The van der Waals surface area contributed by atoms with Crippen LogP contribution in [0.2, 0.25) is 5.02 Å². The predicted octanol–water partition coefficient (Wildman–Crippen LogP) is 2.28. The second-order valence-corrected chi connectivity index (χ2v) is 8.26. The number of piperidine rings is 2. The number of nitrogens with one attached hydrogen (secondary N) is 1. The minimum absolute atomic E-state index is 0.00193. The van der Waals surface area contributed by atoms with Gasteiger partial charge in [-0.1, -0.05) is 11.6 Å². The van der Waals surface area contributed by atoms with Gasteiger partial charge in [0.25, 0.3) is 0 Å². The second-order valence-electron chi connectivity index (χ2n) is 7.86. The van der Waals surface area contributed by atoms with E-state index in [9.17, 15) is 14.0 Å². The van der Waals surface area contributed by atoms with Gasteiger partial charge in [0.2, 0.25) is 5.91 Å². The van der Waals surface area contributed by atoms with Gasteiger partial charge in [0, 0.05) is 26.2 Å². The van der Waals surface area contributed by atoms with Gasteiger partial charge in [-0.05, 0) is 43.4 Å². The summed E-state index contributed by atoms with van der Waals surface area (Å²) in [6, 6.07) is 3.99. The molecule has 4 rings (SSSR count). The third-order valence-electron chi connectivity index (χ3n) is 5.85. The van der Waals surface area contributed by atoms with Crippen molar-refractivity contribution >= 4 is 23.5 Å². The first-order valence-electron chi connectivity index (χ1n) is 10.0. The van der Waals surface area contributed by atoms with Gasteiger partial charge in [-0.3, -0.25) is 4.79 Å². The first kappa shape index (κ1) is 20.2. The summed E-state index contributed by atoms with van der Waals surface area (Å²) in [6.45, 7) is 3.05. The fourth-order valence-electron chi connectivity index (χ4n) is 4.16. The lowest BCUT2D eigenvalue weighted by atomic mass is 9.97.